The lowest BCUT2D eigenvalue weighted by Gasteiger charge is -2.16. The summed E-state index contributed by atoms with van der Waals surface area (Å²) in [5.41, 5.74) is 2.62. The molecule has 0 N–H and O–H groups in total. The molecule has 0 saturated carbocycles. The van der Waals surface area contributed by atoms with Crippen LogP contribution in [0.25, 0.3) is 0 Å². The summed E-state index contributed by atoms with van der Waals surface area (Å²) in [4.78, 5) is 0. The van der Waals surface area contributed by atoms with E-state index in [2.05, 4.69) is 29.8 Å². The maximum atomic E-state index is 5.37. The summed E-state index contributed by atoms with van der Waals surface area (Å²) in [6.45, 7) is 4.50. The first-order chi connectivity index (χ1) is 9.28. The van der Waals surface area contributed by atoms with Crippen LogP contribution in [0, 0.1) is 0 Å². The molecule has 0 radical (unpaired) electrons. The van der Waals surface area contributed by atoms with Crippen molar-refractivity contribution in [2.45, 2.75) is 32.6 Å². The molecule has 1 heterocycles. The zero-order valence-electron chi connectivity index (χ0n) is 12.2. The molecule has 0 fully saturated rings. The first kappa shape index (κ1) is 13.9. The molecule has 0 aliphatic carbocycles. The molecule has 3 heteroatoms. The van der Waals surface area contributed by atoms with Crippen LogP contribution in [0.5, 0.6) is 11.5 Å². The first-order valence-electron chi connectivity index (χ1n) is 7.12. The predicted octanol–water partition coefficient (Wildman–Crippen LogP) is 2.88. The van der Waals surface area contributed by atoms with Crippen molar-refractivity contribution in [1.82, 2.24) is 0 Å². The van der Waals surface area contributed by atoms with Crippen molar-refractivity contribution in [2.75, 3.05) is 27.3 Å². The molecule has 2 rings (SSSR count). The minimum atomic E-state index is 0.813. The van der Waals surface area contributed by atoms with E-state index in [0.717, 1.165) is 31.0 Å². The SMILES string of the molecule is CCCCC[N+]1=Cc2cc(OC)c(OC)cc2CC1. The van der Waals surface area contributed by atoms with E-state index in [1.165, 1.54) is 30.4 Å². The zero-order chi connectivity index (χ0) is 13.7. The zero-order valence-corrected chi connectivity index (χ0v) is 12.2. The van der Waals surface area contributed by atoms with Crippen molar-refractivity contribution >= 4 is 6.21 Å². The molecule has 0 bridgehead atoms. The van der Waals surface area contributed by atoms with E-state index in [4.69, 9.17) is 9.47 Å². The maximum Gasteiger partial charge on any atom is 0.171 e. The van der Waals surface area contributed by atoms with E-state index in [1.807, 2.05) is 0 Å². The van der Waals surface area contributed by atoms with Crippen molar-refractivity contribution < 1.29 is 14.0 Å². The van der Waals surface area contributed by atoms with E-state index >= 15 is 0 Å². The van der Waals surface area contributed by atoms with Gasteiger partial charge in [-0.1, -0.05) is 13.3 Å². The molecule has 0 unspecified atom stereocenters. The summed E-state index contributed by atoms with van der Waals surface area (Å²) in [7, 11) is 3.37. The van der Waals surface area contributed by atoms with Gasteiger partial charge in [0.05, 0.1) is 14.2 Å². The van der Waals surface area contributed by atoms with Gasteiger partial charge in [-0.2, -0.15) is 0 Å². The summed E-state index contributed by atoms with van der Waals surface area (Å²) < 4.78 is 13.1. The number of nitrogens with zero attached hydrogens (tertiary/aromatic N) is 1. The molecule has 0 atom stereocenters. The molecule has 0 spiro atoms. The Morgan fingerprint density at radius 2 is 1.84 bits per heavy atom. The monoisotopic (exact) mass is 262 g/mol. The van der Waals surface area contributed by atoms with Crippen LogP contribution in [-0.2, 0) is 6.42 Å². The molecule has 3 nitrogen and oxygen atoms in total. The van der Waals surface area contributed by atoms with Crippen LogP contribution in [0.15, 0.2) is 12.1 Å². The van der Waals surface area contributed by atoms with Crippen molar-refractivity contribution in [3.05, 3.63) is 23.3 Å². The summed E-state index contributed by atoms with van der Waals surface area (Å²) in [6, 6.07) is 4.19. The Bertz CT molecular complexity index is 466. The molecule has 0 saturated heterocycles. The second-order valence-corrected chi connectivity index (χ2v) is 5.03. The number of rotatable bonds is 6. The van der Waals surface area contributed by atoms with Gasteiger partial charge in [-0.3, -0.25) is 0 Å². The molecule has 0 amide bonds. The van der Waals surface area contributed by atoms with Gasteiger partial charge in [-0.25, -0.2) is 4.58 Å². The van der Waals surface area contributed by atoms with E-state index in [0.29, 0.717) is 0 Å². The molecule has 1 aliphatic heterocycles. The van der Waals surface area contributed by atoms with Gasteiger partial charge in [-0.05, 0) is 24.1 Å². The summed E-state index contributed by atoms with van der Waals surface area (Å²) >= 11 is 0. The van der Waals surface area contributed by atoms with E-state index in [-0.39, 0.29) is 0 Å². The highest BCUT2D eigenvalue weighted by atomic mass is 16.5. The van der Waals surface area contributed by atoms with Crippen molar-refractivity contribution in [3.63, 3.8) is 0 Å². The number of unbranched alkanes of at least 4 members (excludes halogenated alkanes) is 2. The van der Waals surface area contributed by atoms with Gasteiger partial charge in [0.2, 0.25) is 0 Å². The normalized spacial score (nSPS) is 13.7. The molecular formula is C16H24NO2+. The lowest BCUT2D eigenvalue weighted by Crippen LogP contribution is -2.23. The smallest absolute Gasteiger partial charge is 0.171 e. The van der Waals surface area contributed by atoms with Gasteiger partial charge in [-0.15, -0.1) is 0 Å². The Kier molecular flexibility index (Phi) is 4.83. The maximum absolute atomic E-state index is 5.37. The Hall–Kier alpha value is -1.51. The first-order valence-corrected chi connectivity index (χ1v) is 7.12. The highest BCUT2D eigenvalue weighted by Gasteiger charge is 2.18. The second-order valence-electron chi connectivity index (χ2n) is 5.03. The van der Waals surface area contributed by atoms with E-state index < -0.39 is 0 Å². The fourth-order valence-corrected chi connectivity index (χ4v) is 2.54. The van der Waals surface area contributed by atoms with Crippen molar-refractivity contribution in [3.8, 4) is 11.5 Å². The molecule has 104 valence electrons. The largest absolute Gasteiger partial charge is 0.493 e. The number of hydrogen-bond donors (Lipinski definition) is 0. The average molecular weight is 262 g/mol. The number of methoxy groups -OCH3 is 2. The third-order valence-corrected chi connectivity index (χ3v) is 3.68. The molecule has 1 aromatic rings. The summed E-state index contributed by atoms with van der Waals surface area (Å²) in [5.74, 6) is 1.64. The van der Waals surface area contributed by atoms with Gasteiger partial charge < -0.3 is 9.47 Å². The van der Waals surface area contributed by atoms with Gasteiger partial charge in [0, 0.05) is 18.4 Å². The summed E-state index contributed by atoms with van der Waals surface area (Å²) in [6.07, 6.45) is 7.20. The second kappa shape index (κ2) is 6.60. The quantitative estimate of drug-likeness (QED) is 0.581. The highest BCUT2D eigenvalue weighted by Crippen LogP contribution is 2.31. The fraction of sp³-hybridized carbons (Fsp3) is 0.562. The van der Waals surface area contributed by atoms with Crippen LogP contribution in [0.4, 0.5) is 0 Å². The van der Waals surface area contributed by atoms with Crippen LogP contribution in [-0.4, -0.2) is 38.1 Å². The third-order valence-electron chi connectivity index (χ3n) is 3.68. The van der Waals surface area contributed by atoms with Crippen LogP contribution in [0.2, 0.25) is 0 Å². The molecular weight excluding hydrogens is 238 g/mol. The number of fused-ring (bicyclic) bond motifs is 1. The van der Waals surface area contributed by atoms with Crippen LogP contribution in [0.3, 0.4) is 0 Å². The van der Waals surface area contributed by atoms with Gasteiger partial charge in [0.25, 0.3) is 0 Å². The minimum Gasteiger partial charge on any atom is -0.493 e. The van der Waals surface area contributed by atoms with Gasteiger partial charge in [0.15, 0.2) is 17.7 Å². The number of ether oxygens (including phenoxy) is 2. The Balaban J connectivity index is 2.19. The molecule has 1 aliphatic rings. The molecule has 1 aromatic carbocycles. The van der Waals surface area contributed by atoms with E-state index in [9.17, 15) is 0 Å². The molecule has 0 aromatic heterocycles. The minimum absolute atomic E-state index is 0.813. The van der Waals surface area contributed by atoms with Crippen molar-refractivity contribution in [1.29, 1.82) is 0 Å². The predicted molar refractivity (Wildman–Crippen MR) is 77.9 cm³/mol. The van der Waals surface area contributed by atoms with E-state index in [1.54, 1.807) is 14.2 Å². The number of hydrogen-bond acceptors (Lipinski definition) is 2. The standard InChI is InChI=1S/C16H24NO2/c1-4-5-6-8-17-9-7-13-10-15(18-2)16(19-3)11-14(13)12-17/h10-12H,4-9H2,1-3H3/q+1. The van der Waals surface area contributed by atoms with Gasteiger partial charge >= 0.3 is 0 Å². The van der Waals surface area contributed by atoms with Gasteiger partial charge in [0.1, 0.15) is 13.1 Å². The Morgan fingerprint density at radius 3 is 2.53 bits per heavy atom. The lowest BCUT2D eigenvalue weighted by molar-refractivity contribution is -0.524. The average Bonchev–Trinajstić information content (AvgIpc) is 2.46. The van der Waals surface area contributed by atoms with Crippen molar-refractivity contribution in [2.24, 2.45) is 0 Å². The molecule has 19 heavy (non-hydrogen) atoms. The lowest BCUT2D eigenvalue weighted by atomic mass is 10.0. The summed E-state index contributed by atoms with van der Waals surface area (Å²) in [5, 5.41) is 0. The highest BCUT2D eigenvalue weighted by molar-refractivity contribution is 5.80. The fourth-order valence-electron chi connectivity index (χ4n) is 2.54. The third kappa shape index (κ3) is 3.28. The number of benzene rings is 1. The van der Waals surface area contributed by atoms with Crippen LogP contribution < -0.4 is 9.47 Å². The van der Waals surface area contributed by atoms with Crippen LogP contribution >= 0.6 is 0 Å². The Labute approximate surface area is 115 Å². The van der Waals surface area contributed by atoms with Crippen LogP contribution in [0.1, 0.15) is 37.3 Å². The Morgan fingerprint density at radius 1 is 1.11 bits per heavy atom. The topological polar surface area (TPSA) is 21.5 Å².